The summed E-state index contributed by atoms with van der Waals surface area (Å²) in [7, 11) is 0. The molecule has 2 rings (SSSR count). The second-order valence-electron chi connectivity index (χ2n) is 4.31. The first kappa shape index (κ1) is 11.6. The molecule has 1 atom stereocenters. The summed E-state index contributed by atoms with van der Waals surface area (Å²) in [6.45, 7) is 3.95. The van der Waals surface area contributed by atoms with Gasteiger partial charge in [0.2, 0.25) is 5.89 Å². The fraction of sp³-hybridized carbons (Fsp3) is 0.333. The molecular weight excluding hydrogens is 220 g/mol. The summed E-state index contributed by atoms with van der Waals surface area (Å²) >= 11 is 0. The fourth-order valence-corrected chi connectivity index (χ4v) is 1.50. The molecule has 0 saturated carbocycles. The van der Waals surface area contributed by atoms with E-state index in [1.807, 2.05) is 13.8 Å². The van der Waals surface area contributed by atoms with Gasteiger partial charge in [0.05, 0.1) is 11.6 Å². The maximum Gasteiger partial charge on any atom is 0.335 e. The molecule has 0 saturated heterocycles. The van der Waals surface area contributed by atoms with Gasteiger partial charge in [-0.05, 0) is 24.1 Å². The van der Waals surface area contributed by atoms with E-state index in [0.29, 0.717) is 17.0 Å². The summed E-state index contributed by atoms with van der Waals surface area (Å²) in [5.41, 5.74) is 7.19. The zero-order chi connectivity index (χ0) is 12.6. The first-order valence-electron chi connectivity index (χ1n) is 5.38. The summed E-state index contributed by atoms with van der Waals surface area (Å²) in [5, 5.41) is 8.86. The van der Waals surface area contributed by atoms with Crippen molar-refractivity contribution in [2.45, 2.75) is 19.9 Å². The molecule has 3 N–H and O–H groups in total. The molecule has 0 fully saturated rings. The number of rotatable bonds is 3. The van der Waals surface area contributed by atoms with E-state index in [0.717, 1.165) is 0 Å². The highest BCUT2D eigenvalue weighted by Crippen LogP contribution is 2.23. The highest BCUT2D eigenvalue weighted by molar-refractivity contribution is 5.91. The number of nitrogens with two attached hydrogens (primary N) is 1. The summed E-state index contributed by atoms with van der Waals surface area (Å²) < 4.78 is 5.48. The average Bonchev–Trinajstić information content (AvgIpc) is 2.69. The minimum absolute atomic E-state index is 0.179. The lowest BCUT2D eigenvalue weighted by Gasteiger charge is -2.10. The summed E-state index contributed by atoms with van der Waals surface area (Å²) in [4.78, 5) is 15.1. The number of hydrogen-bond donors (Lipinski definition) is 2. The molecule has 0 aliphatic heterocycles. The van der Waals surface area contributed by atoms with Gasteiger partial charge in [0.15, 0.2) is 5.58 Å². The predicted molar refractivity (Wildman–Crippen MR) is 62.7 cm³/mol. The van der Waals surface area contributed by atoms with Gasteiger partial charge in [-0.15, -0.1) is 0 Å². The molecule has 1 aromatic carbocycles. The Kier molecular flexibility index (Phi) is 2.85. The molecule has 0 spiro atoms. The van der Waals surface area contributed by atoms with E-state index in [9.17, 15) is 4.79 Å². The minimum atomic E-state index is -0.988. The Balaban J connectivity index is 2.47. The molecule has 2 aromatic rings. The van der Waals surface area contributed by atoms with Crippen LogP contribution in [0, 0.1) is 5.92 Å². The van der Waals surface area contributed by atoms with E-state index < -0.39 is 5.97 Å². The first-order chi connectivity index (χ1) is 7.99. The third-order valence-corrected chi connectivity index (χ3v) is 2.66. The Hall–Kier alpha value is -1.88. The highest BCUT2D eigenvalue weighted by atomic mass is 16.4. The van der Waals surface area contributed by atoms with Crippen molar-refractivity contribution in [3.05, 3.63) is 29.7 Å². The van der Waals surface area contributed by atoms with Crippen molar-refractivity contribution in [2.24, 2.45) is 11.7 Å². The molecule has 1 aromatic heterocycles. The maximum atomic E-state index is 10.8. The monoisotopic (exact) mass is 234 g/mol. The molecule has 0 aliphatic carbocycles. The van der Waals surface area contributed by atoms with Crippen molar-refractivity contribution < 1.29 is 14.3 Å². The molecule has 5 nitrogen and oxygen atoms in total. The molecule has 0 bridgehead atoms. The van der Waals surface area contributed by atoms with Crippen molar-refractivity contribution in [3.63, 3.8) is 0 Å². The maximum absolute atomic E-state index is 10.8. The molecular formula is C12H14N2O3. The minimum Gasteiger partial charge on any atom is -0.478 e. The van der Waals surface area contributed by atoms with E-state index in [2.05, 4.69) is 4.98 Å². The number of aromatic nitrogens is 1. The van der Waals surface area contributed by atoms with Crippen molar-refractivity contribution in [1.82, 2.24) is 4.98 Å². The Morgan fingerprint density at radius 3 is 2.76 bits per heavy atom. The Bertz CT molecular complexity index is 560. The summed E-state index contributed by atoms with van der Waals surface area (Å²) in [6.07, 6.45) is 0. The van der Waals surface area contributed by atoms with Gasteiger partial charge in [0.1, 0.15) is 5.52 Å². The lowest BCUT2D eigenvalue weighted by atomic mass is 10.1. The number of fused-ring (bicyclic) bond motifs is 1. The van der Waals surface area contributed by atoms with E-state index in [4.69, 9.17) is 15.3 Å². The van der Waals surface area contributed by atoms with Gasteiger partial charge < -0.3 is 15.3 Å². The van der Waals surface area contributed by atoms with Crippen LogP contribution in [0.1, 0.15) is 36.1 Å². The fourth-order valence-electron chi connectivity index (χ4n) is 1.50. The number of carbonyl (C=O) groups is 1. The van der Waals surface area contributed by atoms with Crippen molar-refractivity contribution in [3.8, 4) is 0 Å². The van der Waals surface area contributed by atoms with Gasteiger partial charge in [-0.3, -0.25) is 0 Å². The van der Waals surface area contributed by atoms with E-state index in [-0.39, 0.29) is 17.5 Å². The number of oxazole rings is 1. The van der Waals surface area contributed by atoms with Crippen molar-refractivity contribution >= 4 is 17.1 Å². The van der Waals surface area contributed by atoms with Gasteiger partial charge >= 0.3 is 5.97 Å². The molecule has 90 valence electrons. The standard InChI is InChI=1S/C12H14N2O3/c1-6(2)10(13)11-14-8-4-3-7(12(15)16)5-9(8)17-11/h3-6,10H,13H2,1-2H3,(H,15,16). The second-order valence-corrected chi connectivity index (χ2v) is 4.31. The molecule has 1 unspecified atom stereocenters. The van der Waals surface area contributed by atoms with Gasteiger partial charge in [0, 0.05) is 0 Å². The highest BCUT2D eigenvalue weighted by Gasteiger charge is 2.17. The van der Waals surface area contributed by atoms with Crippen LogP contribution in [0.3, 0.4) is 0 Å². The van der Waals surface area contributed by atoms with Gasteiger partial charge in [0.25, 0.3) is 0 Å². The van der Waals surface area contributed by atoms with E-state index >= 15 is 0 Å². The number of benzene rings is 1. The Labute approximate surface area is 98.2 Å². The molecule has 5 heteroatoms. The van der Waals surface area contributed by atoms with Crippen molar-refractivity contribution in [2.75, 3.05) is 0 Å². The molecule has 1 heterocycles. The smallest absolute Gasteiger partial charge is 0.335 e. The molecule has 0 radical (unpaired) electrons. The number of carboxylic acids is 1. The van der Waals surface area contributed by atoms with Crippen LogP contribution in [-0.2, 0) is 0 Å². The molecule has 0 aliphatic rings. The normalized spacial score (nSPS) is 13.2. The van der Waals surface area contributed by atoms with Crippen LogP contribution in [0.5, 0.6) is 0 Å². The van der Waals surface area contributed by atoms with E-state index in [1.54, 1.807) is 6.07 Å². The quantitative estimate of drug-likeness (QED) is 0.849. The number of aromatic carboxylic acids is 1. The zero-order valence-electron chi connectivity index (χ0n) is 9.68. The number of hydrogen-bond acceptors (Lipinski definition) is 4. The lowest BCUT2D eigenvalue weighted by Crippen LogP contribution is -2.16. The largest absolute Gasteiger partial charge is 0.478 e. The lowest BCUT2D eigenvalue weighted by molar-refractivity contribution is 0.0697. The molecule has 17 heavy (non-hydrogen) atoms. The number of carboxylic acid groups (broad SMARTS) is 1. The average molecular weight is 234 g/mol. The van der Waals surface area contributed by atoms with Crippen LogP contribution in [0.25, 0.3) is 11.1 Å². The number of nitrogens with zero attached hydrogens (tertiary/aromatic N) is 1. The van der Waals surface area contributed by atoms with Crippen LogP contribution in [0.4, 0.5) is 0 Å². The van der Waals surface area contributed by atoms with Crippen LogP contribution < -0.4 is 5.73 Å². The van der Waals surface area contributed by atoms with Crippen molar-refractivity contribution in [1.29, 1.82) is 0 Å². The Morgan fingerprint density at radius 2 is 2.18 bits per heavy atom. The molecule has 0 amide bonds. The van der Waals surface area contributed by atoms with E-state index in [1.165, 1.54) is 12.1 Å². The SMILES string of the molecule is CC(C)C(N)c1nc2ccc(C(=O)O)cc2o1. The first-order valence-corrected chi connectivity index (χ1v) is 5.38. The topological polar surface area (TPSA) is 89.3 Å². The Morgan fingerprint density at radius 1 is 1.47 bits per heavy atom. The van der Waals surface area contributed by atoms with Crippen LogP contribution in [0.2, 0.25) is 0 Å². The van der Waals surface area contributed by atoms with Gasteiger partial charge in [-0.25, -0.2) is 9.78 Å². The summed E-state index contributed by atoms with van der Waals surface area (Å²) in [6, 6.07) is 4.30. The van der Waals surface area contributed by atoms with Crippen LogP contribution in [0.15, 0.2) is 22.6 Å². The zero-order valence-corrected chi connectivity index (χ0v) is 9.68. The summed E-state index contributed by atoms with van der Waals surface area (Å²) in [5.74, 6) is -0.336. The van der Waals surface area contributed by atoms with Crippen LogP contribution >= 0.6 is 0 Å². The third kappa shape index (κ3) is 2.14. The van der Waals surface area contributed by atoms with Gasteiger partial charge in [-0.2, -0.15) is 0 Å². The predicted octanol–water partition coefficient (Wildman–Crippen LogP) is 2.18. The van der Waals surface area contributed by atoms with Gasteiger partial charge in [-0.1, -0.05) is 13.8 Å². The third-order valence-electron chi connectivity index (χ3n) is 2.66. The second kappa shape index (κ2) is 4.18. The van der Waals surface area contributed by atoms with Crippen LogP contribution in [-0.4, -0.2) is 16.1 Å².